The van der Waals surface area contributed by atoms with Crippen molar-refractivity contribution in [1.82, 2.24) is 4.90 Å². The lowest BCUT2D eigenvalue weighted by atomic mass is 9.99. The summed E-state index contributed by atoms with van der Waals surface area (Å²) in [6.07, 6.45) is 2.75. The summed E-state index contributed by atoms with van der Waals surface area (Å²) in [6.45, 7) is 2.49. The minimum absolute atomic E-state index is 0.0488. The standard InChI is InChI=1S/C20H24N2O3S/c1-15(16-8-5-4-6-9-16)21(2)20(23)18-11-12-19-17(14-18)10-7-13-22(19)26(3,24)25/h4-6,8-9,11-12,14-15H,7,10,13H2,1-3H3/t15-/m1/s1. The first kappa shape index (κ1) is 18.5. The predicted molar refractivity (Wildman–Crippen MR) is 104 cm³/mol. The maximum Gasteiger partial charge on any atom is 0.254 e. The molecule has 1 aliphatic heterocycles. The van der Waals surface area contributed by atoms with Crippen LogP contribution in [0.25, 0.3) is 0 Å². The van der Waals surface area contributed by atoms with Gasteiger partial charge in [0.05, 0.1) is 18.0 Å². The molecule has 0 spiro atoms. The molecular weight excluding hydrogens is 348 g/mol. The lowest BCUT2D eigenvalue weighted by molar-refractivity contribution is 0.0742. The van der Waals surface area contributed by atoms with Crippen LogP contribution in [0.2, 0.25) is 0 Å². The zero-order chi connectivity index (χ0) is 18.9. The predicted octanol–water partition coefficient (Wildman–Crippen LogP) is 3.23. The third-order valence-corrected chi connectivity index (χ3v) is 6.17. The normalized spacial score (nSPS) is 15.3. The highest BCUT2D eigenvalue weighted by Crippen LogP contribution is 2.30. The number of rotatable bonds is 4. The van der Waals surface area contributed by atoms with Gasteiger partial charge in [-0.1, -0.05) is 30.3 Å². The maximum absolute atomic E-state index is 12.9. The molecule has 1 heterocycles. The van der Waals surface area contributed by atoms with Crippen molar-refractivity contribution in [2.24, 2.45) is 0 Å². The molecule has 0 aliphatic carbocycles. The molecule has 1 amide bonds. The molecule has 0 saturated heterocycles. The van der Waals surface area contributed by atoms with E-state index in [1.807, 2.05) is 43.3 Å². The van der Waals surface area contributed by atoms with Gasteiger partial charge >= 0.3 is 0 Å². The van der Waals surface area contributed by atoms with Crippen LogP contribution in [0.5, 0.6) is 0 Å². The van der Waals surface area contributed by atoms with Crippen molar-refractivity contribution in [3.05, 3.63) is 65.2 Å². The van der Waals surface area contributed by atoms with Gasteiger partial charge in [0.1, 0.15) is 0 Å². The Morgan fingerprint density at radius 3 is 2.50 bits per heavy atom. The minimum atomic E-state index is -3.30. The number of carbonyl (C=O) groups is 1. The Labute approximate surface area is 155 Å². The largest absolute Gasteiger partial charge is 0.335 e. The minimum Gasteiger partial charge on any atom is -0.335 e. The molecule has 2 aromatic rings. The van der Waals surface area contributed by atoms with E-state index in [2.05, 4.69) is 0 Å². The van der Waals surface area contributed by atoms with E-state index in [0.29, 0.717) is 17.8 Å². The van der Waals surface area contributed by atoms with Gasteiger partial charge in [0, 0.05) is 19.2 Å². The van der Waals surface area contributed by atoms with Crippen LogP contribution < -0.4 is 4.31 Å². The van der Waals surface area contributed by atoms with Crippen LogP contribution in [-0.2, 0) is 16.4 Å². The second-order valence-electron chi connectivity index (χ2n) is 6.78. The highest BCUT2D eigenvalue weighted by atomic mass is 32.2. The summed E-state index contributed by atoms with van der Waals surface area (Å²) >= 11 is 0. The van der Waals surface area contributed by atoms with E-state index in [0.717, 1.165) is 24.0 Å². The fraction of sp³-hybridized carbons (Fsp3) is 0.350. The summed E-state index contributed by atoms with van der Waals surface area (Å²) in [5.74, 6) is -0.0689. The summed E-state index contributed by atoms with van der Waals surface area (Å²) in [7, 11) is -1.51. The third kappa shape index (κ3) is 3.60. The number of amides is 1. The Balaban J connectivity index is 1.87. The van der Waals surface area contributed by atoms with Crippen LogP contribution in [0.3, 0.4) is 0 Å². The number of aryl methyl sites for hydroxylation is 1. The van der Waals surface area contributed by atoms with Crippen molar-refractivity contribution in [2.45, 2.75) is 25.8 Å². The van der Waals surface area contributed by atoms with Crippen LogP contribution in [0.15, 0.2) is 48.5 Å². The summed E-state index contributed by atoms with van der Waals surface area (Å²) in [4.78, 5) is 14.6. The van der Waals surface area contributed by atoms with Crippen molar-refractivity contribution in [3.8, 4) is 0 Å². The maximum atomic E-state index is 12.9. The first-order valence-corrected chi connectivity index (χ1v) is 10.6. The Morgan fingerprint density at radius 1 is 1.15 bits per heavy atom. The summed E-state index contributed by atoms with van der Waals surface area (Å²) in [5.41, 5.74) is 3.26. The van der Waals surface area contributed by atoms with Gasteiger partial charge in [-0.15, -0.1) is 0 Å². The highest BCUT2D eigenvalue weighted by Gasteiger charge is 2.26. The number of hydrogen-bond acceptors (Lipinski definition) is 3. The number of fused-ring (bicyclic) bond motifs is 1. The lowest BCUT2D eigenvalue weighted by Crippen LogP contribution is -2.35. The summed E-state index contributed by atoms with van der Waals surface area (Å²) in [5, 5.41) is 0. The van der Waals surface area contributed by atoms with Gasteiger partial charge in [-0.05, 0) is 49.1 Å². The van der Waals surface area contributed by atoms with Gasteiger partial charge in [0.2, 0.25) is 10.0 Å². The monoisotopic (exact) mass is 372 g/mol. The zero-order valence-corrected chi connectivity index (χ0v) is 16.2. The molecule has 0 N–H and O–H groups in total. The average molecular weight is 372 g/mol. The Hall–Kier alpha value is -2.34. The van der Waals surface area contributed by atoms with E-state index in [1.165, 1.54) is 10.6 Å². The fourth-order valence-corrected chi connectivity index (χ4v) is 4.37. The van der Waals surface area contributed by atoms with Crippen LogP contribution in [0, 0.1) is 0 Å². The van der Waals surface area contributed by atoms with Gasteiger partial charge < -0.3 is 4.90 Å². The van der Waals surface area contributed by atoms with Crippen molar-refractivity contribution in [2.75, 3.05) is 24.2 Å². The van der Waals surface area contributed by atoms with Gasteiger partial charge in [-0.3, -0.25) is 9.10 Å². The van der Waals surface area contributed by atoms with Gasteiger partial charge in [0.25, 0.3) is 5.91 Å². The molecule has 0 aromatic heterocycles. The van der Waals surface area contributed by atoms with Gasteiger partial charge in [0.15, 0.2) is 0 Å². The third-order valence-electron chi connectivity index (χ3n) is 4.99. The highest BCUT2D eigenvalue weighted by molar-refractivity contribution is 7.92. The Bertz CT molecular complexity index is 910. The quantitative estimate of drug-likeness (QED) is 0.828. The van der Waals surface area contributed by atoms with E-state index in [9.17, 15) is 13.2 Å². The molecule has 6 heteroatoms. The van der Waals surface area contributed by atoms with Crippen LogP contribution in [0.1, 0.15) is 40.9 Å². The molecule has 0 bridgehead atoms. The SMILES string of the molecule is C[C@H](c1ccccc1)N(C)C(=O)c1ccc2c(c1)CCCN2S(C)(=O)=O. The van der Waals surface area contributed by atoms with Crippen LogP contribution >= 0.6 is 0 Å². The Morgan fingerprint density at radius 2 is 1.85 bits per heavy atom. The van der Waals surface area contributed by atoms with Crippen molar-refractivity contribution < 1.29 is 13.2 Å². The molecule has 1 aliphatic rings. The number of benzene rings is 2. The van der Waals surface area contributed by atoms with Crippen molar-refractivity contribution in [1.29, 1.82) is 0 Å². The second kappa shape index (κ2) is 7.11. The average Bonchev–Trinajstić information content (AvgIpc) is 2.65. The van der Waals surface area contributed by atoms with E-state index < -0.39 is 10.0 Å². The molecule has 3 rings (SSSR count). The number of nitrogens with zero attached hydrogens (tertiary/aromatic N) is 2. The lowest BCUT2D eigenvalue weighted by Gasteiger charge is -2.30. The van der Waals surface area contributed by atoms with E-state index in [1.54, 1.807) is 24.1 Å². The molecule has 2 aromatic carbocycles. The van der Waals surface area contributed by atoms with Crippen LogP contribution in [0.4, 0.5) is 5.69 Å². The molecule has 0 saturated carbocycles. The zero-order valence-electron chi connectivity index (χ0n) is 15.3. The summed E-state index contributed by atoms with van der Waals surface area (Å²) < 4.78 is 25.4. The van der Waals surface area contributed by atoms with Crippen molar-refractivity contribution in [3.63, 3.8) is 0 Å². The van der Waals surface area contributed by atoms with E-state index in [-0.39, 0.29) is 11.9 Å². The van der Waals surface area contributed by atoms with E-state index in [4.69, 9.17) is 0 Å². The smallest absolute Gasteiger partial charge is 0.254 e. The van der Waals surface area contributed by atoms with E-state index >= 15 is 0 Å². The topological polar surface area (TPSA) is 57.7 Å². The molecule has 0 unspecified atom stereocenters. The van der Waals surface area contributed by atoms with Crippen molar-refractivity contribution >= 4 is 21.6 Å². The first-order chi connectivity index (χ1) is 12.3. The van der Waals surface area contributed by atoms with Crippen LogP contribution in [-0.4, -0.2) is 39.1 Å². The van der Waals surface area contributed by atoms with Gasteiger partial charge in [-0.25, -0.2) is 8.42 Å². The molecule has 0 radical (unpaired) electrons. The molecule has 138 valence electrons. The second-order valence-corrected chi connectivity index (χ2v) is 8.69. The molecular formula is C20H24N2O3S. The Kier molecular flexibility index (Phi) is 5.05. The molecule has 5 nitrogen and oxygen atoms in total. The van der Waals surface area contributed by atoms with Gasteiger partial charge in [-0.2, -0.15) is 0 Å². The molecule has 0 fully saturated rings. The summed E-state index contributed by atoms with van der Waals surface area (Å²) in [6, 6.07) is 15.1. The number of hydrogen-bond donors (Lipinski definition) is 0. The number of sulfonamides is 1. The first-order valence-electron chi connectivity index (χ1n) is 8.72. The number of carbonyl (C=O) groups excluding carboxylic acids is 1. The number of anilines is 1. The molecule has 1 atom stereocenters. The fourth-order valence-electron chi connectivity index (χ4n) is 3.37. The molecule has 26 heavy (non-hydrogen) atoms.